The molecule has 0 radical (unpaired) electrons. The number of nitrogens with zero attached hydrogens (tertiary/aromatic N) is 1. The van der Waals surface area contributed by atoms with Crippen LogP contribution >= 0.6 is 0 Å². The van der Waals surface area contributed by atoms with Crippen LogP contribution in [0, 0.1) is 6.92 Å². The molecule has 7 heteroatoms. The quantitative estimate of drug-likeness (QED) is 0.686. The van der Waals surface area contributed by atoms with Gasteiger partial charge in [0.05, 0.1) is 30.9 Å². The van der Waals surface area contributed by atoms with Gasteiger partial charge in [0.25, 0.3) is 5.91 Å². The fourth-order valence-electron chi connectivity index (χ4n) is 5.99. The molecule has 1 aromatic carbocycles. The SMILES string of the molecule is Cc1cccc2c1C1CCC(CC1)OC[C@H]1N(CCC[C@]13COCC(=O)N3)C(=O)CO2. The van der Waals surface area contributed by atoms with Crippen LogP contribution in [0.3, 0.4) is 0 Å². The zero-order chi connectivity index (χ0) is 21.4. The summed E-state index contributed by atoms with van der Waals surface area (Å²) in [6, 6.07) is 5.86. The normalized spacial score (nSPS) is 34.0. The number of aryl methyl sites for hydroxylation is 1. The number of rotatable bonds is 0. The van der Waals surface area contributed by atoms with Crippen molar-refractivity contribution in [3.05, 3.63) is 29.3 Å². The van der Waals surface area contributed by atoms with E-state index >= 15 is 0 Å². The molecule has 31 heavy (non-hydrogen) atoms. The first kappa shape index (κ1) is 20.8. The van der Waals surface area contributed by atoms with E-state index in [2.05, 4.69) is 18.3 Å². The maximum atomic E-state index is 13.3. The molecule has 0 aromatic heterocycles. The number of carbonyl (C=O) groups is 2. The Hall–Kier alpha value is -2.12. The van der Waals surface area contributed by atoms with Gasteiger partial charge in [-0.1, -0.05) is 12.1 Å². The van der Waals surface area contributed by atoms with Crippen LogP contribution in [0.5, 0.6) is 5.75 Å². The minimum absolute atomic E-state index is 0.00597. The number of ether oxygens (including phenoxy) is 3. The van der Waals surface area contributed by atoms with Gasteiger partial charge in [0, 0.05) is 12.1 Å². The predicted octanol–water partition coefficient (Wildman–Crippen LogP) is 2.31. The molecule has 2 amide bonds. The lowest BCUT2D eigenvalue weighted by Gasteiger charge is -2.51. The Balaban J connectivity index is 1.47. The number of amides is 2. The standard InChI is InChI=1S/C24H32N2O5/c1-16-4-2-5-19-23(16)17-6-8-18(9-7-17)30-12-20-24(15-29-13-21(27)25-24)10-3-11-26(20)22(28)14-31-19/h2,4-5,17-18,20H,3,6-15H2,1H3,(H,25,27)/t17?,18?,20-,24+/m1/s1. The van der Waals surface area contributed by atoms with Crippen LogP contribution in [0.4, 0.5) is 0 Å². The van der Waals surface area contributed by atoms with E-state index in [9.17, 15) is 9.59 Å². The van der Waals surface area contributed by atoms with Crippen LogP contribution in [0.2, 0.25) is 0 Å². The molecule has 1 spiro atoms. The van der Waals surface area contributed by atoms with Gasteiger partial charge < -0.3 is 24.4 Å². The Bertz CT molecular complexity index is 846. The summed E-state index contributed by atoms with van der Waals surface area (Å²) in [5.41, 5.74) is 1.88. The molecule has 4 aliphatic heterocycles. The molecule has 1 saturated carbocycles. The van der Waals surface area contributed by atoms with Crippen molar-refractivity contribution in [1.82, 2.24) is 10.2 Å². The third kappa shape index (κ3) is 3.94. The highest BCUT2D eigenvalue weighted by Gasteiger charge is 2.49. The molecule has 5 aliphatic rings. The highest BCUT2D eigenvalue weighted by molar-refractivity contribution is 5.81. The topological polar surface area (TPSA) is 77.1 Å². The zero-order valence-electron chi connectivity index (χ0n) is 18.2. The average molecular weight is 429 g/mol. The number of nitrogens with one attached hydrogen (secondary N) is 1. The second-order valence-corrected chi connectivity index (χ2v) is 9.49. The van der Waals surface area contributed by atoms with E-state index in [4.69, 9.17) is 14.2 Å². The number of fused-ring (bicyclic) bond motifs is 5. The first-order valence-electron chi connectivity index (χ1n) is 11.6. The fraction of sp³-hybridized carbons (Fsp3) is 0.667. The maximum Gasteiger partial charge on any atom is 0.260 e. The predicted molar refractivity (Wildman–Crippen MR) is 114 cm³/mol. The summed E-state index contributed by atoms with van der Waals surface area (Å²) >= 11 is 0. The summed E-state index contributed by atoms with van der Waals surface area (Å²) in [6.45, 7) is 3.66. The molecule has 4 heterocycles. The molecule has 2 bridgehead atoms. The molecule has 2 atom stereocenters. The van der Waals surface area contributed by atoms with Crippen LogP contribution in [-0.2, 0) is 19.1 Å². The third-order valence-electron chi connectivity index (χ3n) is 7.55. The van der Waals surface area contributed by atoms with Crippen LogP contribution < -0.4 is 10.1 Å². The summed E-state index contributed by atoms with van der Waals surface area (Å²) < 4.78 is 18.2. The van der Waals surface area contributed by atoms with E-state index in [0.29, 0.717) is 25.7 Å². The van der Waals surface area contributed by atoms with Crippen molar-refractivity contribution in [1.29, 1.82) is 0 Å². The van der Waals surface area contributed by atoms with Crippen LogP contribution in [0.25, 0.3) is 0 Å². The van der Waals surface area contributed by atoms with Crippen molar-refractivity contribution in [3.8, 4) is 5.75 Å². The summed E-state index contributed by atoms with van der Waals surface area (Å²) in [6.07, 6.45) is 5.88. The first-order chi connectivity index (χ1) is 15.1. The van der Waals surface area contributed by atoms with Crippen molar-refractivity contribution >= 4 is 11.8 Å². The van der Waals surface area contributed by atoms with E-state index in [-0.39, 0.29) is 37.2 Å². The van der Waals surface area contributed by atoms with Crippen LogP contribution in [0.1, 0.15) is 55.6 Å². The largest absolute Gasteiger partial charge is 0.483 e. The number of benzene rings is 1. The second-order valence-electron chi connectivity index (χ2n) is 9.49. The molecule has 0 unspecified atom stereocenters. The molecule has 1 aromatic rings. The highest BCUT2D eigenvalue weighted by Crippen LogP contribution is 2.41. The number of piperidine rings is 1. The number of hydrogen-bond donors (Lipinski definition) is 1. The summed E-state index contributed by atoms with van der Waals surface area (Å²) in [5.74, 6) is 1.08. The van der Waals surface area contributed by atoms with Crippen LogP contribution in [-0.4, -0.2) is 67.4 Å². The van der Waals surface area contributed by atoms with Gasteiger partial charge in [0.15, 0.2) is 6.61 Å². The molecule has 6 rings (SSSR count). The minimum atomic E-state index is -0.588. The Morgan fingerprint density at radius 3 is 2.77 bits per heavy atom. The molecule has 1 aliphatic carbocycles. The monoisotopic (exact) mass is 428 g/mol. The number of hydrogen-bond acceptors (Lipinski definition) is 5. The Kier molecular flexibility index (Phi) is 5.65. The zero-order valence-corrected chi connectivity index (χ0v) is 18.2. The van der Waals surface area contributed by atoms with Gasteiger partial charge in [-0.2, -0.15) is 0 Å². The fourth-order valence-corrected chi connectivity index (χ4v) is 5.99. The van der Waals surface area contributed by atoms with Gasteiger partial charge in [-0.3, -0.25) is 9.59 Å². The van der Waals surface area contributed by atoms with Crippen LogP contribution in [0.15, 0.2) is 18.2 Å². The molecule has 7 nitrogen and oxygen atoms in total. The molecule has 168 valence electrons. The van der Waals surface area contributed by atoms with Crippen molar-refractivity contribution in [3.63, 3.8) is 0 Å². The van der Waals surface area contributed by atoms with Crippen molar-refractivity contribution in [2.24, 2.45) is 0 Å². The number of morpholine rings is 1. The Labute approximate surface area is 183 Å². The Morgan fingerprint density at radius 1 is 1.13 bits per heavy atom. The Morgan fingerprint density at radius 2 is 1.97 bits per heavy atom. The van der Waals surface area contributed by atoms with Gasteiger partial charge in [0.2, 0.25) is 5.91 Å². The first-order valence-corrected chi connectivity index (χ1v) is 11.6. The summed E-state index contributed by atoms with van der Waals surface area (Å²) in [7, 11) is 0. The van der Waals surface area contributed by atoms with Crippen molar-refractivity contribution < 1.29 is 23.8 Å². The van der Waals surface area contributed by atoms with Gasteiger partial charge in [-0.05, 0) is 63.0 Å². The van der Waals surface area contributed by atoms with Crippen molar-refractivity contribution in [2.45, 2.75) is 69.1 Å². The second kappa shape index (κ2) is 8.43. The van der Waals surface area contributed by atoms with E-state index in [1.165, 1.54) is 11.1 Å². The third-order valence-corrected chi connectivity index (χ3v) is 7.55. The lowest BCUT2D eigenvalue weighted by molar-refractivity contribution is -0.156. The lowest BCUT2D eigenvalue weighted by atomic mass is 9.80. The molecular formula is C24H32N2O5. The average Bonchev–Trinajstić information content (AvgIpc) is 2.78. The van der Waals surface area contributed by atoms with E-state index in [1.54, 1.807) is 0 Å². The summed E-state index contributed by atoms with van der Waals surface area (Å²) in [5, 5.41) is 3.16. The van der Waals surface area contributed by atoms with Gasteiger partial charge in [0.1, 0.15) is 12.4 Å². The van der Waals surface area contributed by atoms with E-state index < -0.39 is 5.54 Å². The van der Waals surface area contributed by atoms with Gasteiger partial charge >= 0.3 is 0 Å². The van der Waals surface area contributed by atoms with Crippen molar-refractivity contribution in [2.75, 3.05) is 33.0 Å². The smallest absolute Gasteiger partial charge is 0.260 e. The van der Waals surface area contributed by atoms with E-state index in [1.807, 2.05) is 17.0 Å². The number of carbonyl (C=O) groups excluding carboxylic acids is 2. The molecule has 2 saturated heterocycles. The van der Waals surface area contributed by atoms with Gasteiger partial charge in [-0.15, -0.1) is 0 Å². The van der Waals surface area contributed by atoms with Gasteiger partial charge in [-0.25, -0.2) is 0 Å². The lowest BCUT2D eigenvalue weighted by Crippen LogP contribution is -2.72. The molecule has 1 N–H and O–H groups in total. The molecular weight excluding hydrogens is 396 g/mol. The minimum Gasteiger partial charge on any atom is -0.483 e. The van der Waals surface area contributed by atoms with E-state index in [0.717, 1.165) is 44.3 Å². The maximum absolute atomic E-state index is 13.3. The highest BCUT2D eigenvalue weighted by atomic mass is 16.5. The molecule has 3 fully saturated rings. The summed E-state index contributed by atoms with van der Waals surface area (Å²) in [4.78, 5) is 27.4.